The molecule has 1 aliphatic carbocycles. The molecule has 5 nitrogen and oxygen atoms in total. The number of anilines is 1. The third-order valence-corrected chi connectivity index (χ3v) is 3.03. The summed E-state index contributed by atoms with van der Waals surface area (Å²) in [7, 11) is 0. The highest BCUT2D eigenvalue weighted by atomic mass is 17.2. The van der Waals surface area contributed by atoms with Crippen molar-refractivity contribution in [1.82, 2.24) is 0 Å². The fourth-order valence-corrected chi connectivity index (χ4v) is 2.14. The van der Waals surface area contributed by atoms with Gasteiger partial charge in [0, 0.05) is 0 Å². The van der Waals surface area contributed by atoms with E-state index in [2.05, 4.69) is 10.5 Å². The standard InChI is InChI=1S/C11H16N2O3/c12-11-9-6-8(13-16-15)5-4-7(9)2-1-3-10(11)14/h4-6,10-11,13-15H,1-3,12H2/t10-,11-/m1/s1. The average molecular weight is 224 g/mol. The average Bonchev–Trinajstić information content (AvgIpc) is 2.42. The summed E-state index contributed by atoms with van der Waals surface area (Å²) >= 11 is 0. The van der Waals surface area contributed by atoms with E-state index < -0.39 is 6.10 Å². The lowest BCUT2D eigenvalue weighted by Gasteiger charge is -2.18. The van der Waals surface area contributed by atoms with E-state index in [4.69, 9.17) is 11.0 Å². The lowest BCUT2D eigenvalue weighted by atomic mass is 9.98. The van der Waals surface area contributed by atoms with Gasteiger partial charge in [0.2, 0.25) is 0 Å². The van der Waals surface area contributed by atoms with Gasteiger partial charge in [0.15, 0.2) is 0 Å². The summed E-state index contributed by atoms with van der Waals surface area (Å²) in [5, 5.41) is 18.1. The number of nitrogens with one attached hydrogen (secondary N) is 1. The van der Waals surface area contributed by atoms with Crippen LogP contribution in [0.2, 0.25) is 0 Å². The number of hydrogen-bond donors (Lipinski definition) is 4. The molecule has 0 bridgehead atoms. The second-order valence-electron chi connectivity index (χ2n) is 4.09. The predicted octanol–water partition coefficient (Wildman–Crippen LogP) is 1.20. The van der Waals surface area contributed by atoms with Crippen molar-refractivity contribution in [3.05, 3.63) is 29.3 Å². The molecule has 0 unspecified atom stereocenters. The summed E-state index contributed by atoms with van der Waals surface area (Å²) in [6.45, 7) is 0. The molecule has 0 saturated heterocycles. The largest absolute Gasteiger partial charge is 0.391 e. The van der Waals surface area contributed by atoms with Gasteiger partial charge in [-0.2, -0.15) is 0 Å². The molecule has 16 heavy (non-hydrogen) atoms. The van der Waals surface area contributed by atoms with E-state index in [0.717, 1.165) is 30.4 Å². The van der Waals surface area contributed by atoms with E-state index in [-0.39, 0.29) is 6.04 Å². The Kier molecular flexibility index (Phi) is 3.40. The molecular formula is C11H16N2O3. The molecule has 0 fully saturated rings. The summed E-state index contributed by atoms with van der Waals surface area (Å²) in [6.07, 6.45) is 2.06. The number of benzene rings is 1. The van der Waals surface area contributed by atoms with Crippen molar-refractivity contribution < 1.29 is 15.4 Å². The van der Waals surface area contributed by atoms with Gasteiger partial charge in [-0.15, -0.1) is 4.99 Å². The molecule has 1 aromatic rings. The van der Waals surface area contributed by atoms with Gasteiger partial charge in [-0.05, 0) is 42.5 Å². The highest BCUT2D eigenvalue weighted by molar-refractivity contribution is 5.49. The number of aliphatic hydroxyl groups excluding tert-OH is 1. The second-order valence-corrected chi connectivity index (χ2v) is 4.09. The first-order chi connectivity index (χ1) is 7.72. The number of hydrogen-bond acceptors (Lipinski definition) is 5. The fraction of sp³-hybridized carbons (Fsp3) is 0.455. The summed E-state index contributed by atoms with van der Waals surface area (Å²) in [4.78, 5) is 3.86. The lowest BCUT2D eigenvalue weighted by molar-refractivity contribution is -0.215. The minimum atomic E-state index is -0.508. The predicted molar refractivity (Wildman–Crippen MR) is 59.7 cm³/mol. The molecule has 88 valence electrons. The zero-order chi connectivity index (χ0) is 11.5. The summed E-state index contributed by atoms with van der Waals surface area (Å²) in [6, 6.07) is 5.16. The zero-order valence-corrected chi connectivity index (χ0v) is 8.89. The first-order valence-electron chi connectivity index (χ1n) is 5.35. The van der Waals surface area contributed by atoms with Crippen LogP contribution in [0.5, 0.6) is 0 Å². The molecule has 5 N–H and O–H groups in total. The summed E-state index contributed by atoms with van der Waals surface area (Å²) in [5.41, 5.74) is 11.0. The van der Waals surface area contributed by atoms with Crippen LogP contribution < -0.4 is 11.2 Å². The first-order valence-corrected chi connectivity index (χ1v) is 5.35. The molecule has 0 heterocycles. The normalized spacial score (nSPS) is 24.7. The minimum absolute atomic E-state index is 0.377. The molecule has 0 aromatic heterocycles. The van der Waals surface area contributed by atoms with Gasteiger partial charge < -0.3 is 10.8 Å². The van der Waals surface area contributed by atoms with E-state index in [0.29, 0.717) is 5.69 Å². The van der Waals surface area contributed by atoms with Crippen LogP contribution in [0.25, 0.3) is 0 Å². The van der Waals surface area contributed by atoms with Gasteiger partial charge in [-0.1, -0.05) is 6.07 Å². The van der Waals surface area contributed by atoms with Crippen LogP contribution in [-0.4, -0.2) is 16.5 Å². The Labute approximate surface area is 93.7 Å². The molecule has 1 aliphatic rings. The highest BCUT2D eigenvalue weighted by Crippen LogP contribution is 2.29. The van der Waals surface area contributed by atoms with Crippen molar-refractivity contribution in [3.8, 4) is 0 Å². The Balaban J connectivity index is 2.34. The maximum Gasteiger partial charge on any atom is 0.0733 e. The van der Waals surface area contributed by atoms with Gasteiger partial charge >= 0.3 is 0 Å². The van der Waals surface area contributed by atoms with Crippen LogP contribution in [0.1, 0.15) is 30.0 Å². The maximum absolute atomic E-state index is 9.80. The van der Waals surface area contributed by atoms with Crippen molar-refractivity contribution in [3.63, 3.8) is 0 Å². The zero-order valence-electron chi connectivity index (χ0n) is 8.89. The third-order valence-electron chi connectivity index (χ3n) is 3.03. The summed E-state index contributed by atoms with van der Waals surface area (Å²) in [5.74, 6) is 0. The molecular weight excluding hydrogens is 208 g/mol. The van der Waals surface area contributed by atoms with E-state index in [1.54, 1.807) is 12.1 Å². The van der Waals surface area contributed by atoms with E-state index >= 15 is 0 Å². The van der Waals surface area contributed by atoms with Crippen molar-refractivity contribution in [1.29, 1.82) is 0 Å². The number of aliphatic hydroxyl groups is 1. The first kappa shape index (κ1) is 11.3. The molecule has 0 amide bonds. The van der Waals surface area contributed by atoms with Crippen LogP contribution in [0.4, 0.5) is 5.69 Å². The number of rotatable bonds is 2. The topological polar surface area (TPSA) is 87.7 Å². The van der Waals surface area contributed by atoms with Gasteiger partial charge in [0.25, 0.3) is 0 Å². The van der Waals surface area contributed by atoms with Crippen molar-refractivity contribution in [2.24, 2.45) is 5.73 Å². The third kappa shape index (κ3) is 2.17. The molecule has 2 rings (SSSR count). The number of aryl methyl sites for hydroxylation is 1. The Hall–Kier alpha value is -1.14. The van der Waals surface area contributed by atoms with E-state index in [9.17, 15) is 5.11 Å². The monoisotopic (exact) mass is 224 g/mol. The Morgan fingerprint density at radius 1 is 1.44 bits per heavy atom. The Morgan fingerprint density at radius 3 is 3.00 bits per heavy atom. The molecule has 0 spiro atoms. The fourth-order valence-electron chi connectivity index (χ4n) is 2.14. The molecule has 0 saturated carbocycles. The van der Waals surface area contributed by atoms with Gasteiger partial charge in [0.1, 0.15) is 0 Å². The van der Waals surface area contributed by atoms with Crippen molar-refractivity contribution in [2.75, 3.05) is 5.48 Å². The van der Waals surface area contributed by atoms with Crippen LogP contribution in [0, 0.1) is 0 Å². The van der Waals surface area contributed by atoms with Crippen LogP contribution in [0.3, 0.4) is 0 Å². The second kappa shape index (κ2) is 4.80. The van der Waals surface area contributed by atoms with E-state index in [1.807, 2.05) is 6.07 Å². The highest BCUT2D eigenvalue weighted by Gasteiger charge is 2.23. The minimum Gasteiger partial charge on any atom is -0.391 e. The van der Waals surface area contributed by atoms with Crippen molar-refractivity contribution >= 4 is 5.69 Å². The molecule has 2 atom stereocenters. The quantitative estimate of drug-likeness (QED) is 0.344. The summed E-state index contributed by atoms with van der Waals surface area (Å²) < 4.78 is 0. The molecule has 0 aliphatic heterocycles. The number of nitrogens with two attached hydrogens (primary N) is 1. The Bertz CT molecular complexity index is 370. The lowest BCUT2D eigenvalue weighted by Crippen LogP contribution is -2.25. The molecule has 0 radical (unpaired) electrons. The van der Waals surface area contributed by atoms with Crippen molar-refractivity contribution in [2.45, 2.75) is 31.4 Å². The van der Waals surface area contributed by atoms with E-state index in [1.165, 1.54) is 0 Å². The van der Waals surface area contributed by atoms with Crippen LogP contribution in [0.15, 0.2) is 18.2 Å². The van der Waals surface area contributed by atoms with Gasteiger partial charge in [0.05, 0.1) is 17.8 Å². The molecule has 5 heteroatoms. The smallest absolute Gasteiger partial charge is 0.0733 e. The maximum atomic E-state index is 9.80. The van der Waals surface area contributed by atoms with Crippen LogP contribution >= 0.6 is 0 Å². The number of fused-ring (bicyclic) bond motifs is 1. The SMILES string of the molecule is N[C@@H]1c2cc(NOO)ccc2CCC[C@H]1O. The van der Waals surface area contributed by atoms with Crippen LogP contribution in [-0.2, 0) is 11.4 Å². The molecule has 1 aromatic carbocycles. The van der Waals surface area contributed by atoms with Gasteiger partial charge in [-0.25, -0.2) is 10.7 Å². The van der Waals surface area contributed by atoms with Gasteiger partial charge in [-0.3, -0.25) is 0 Å². The Morgan fingerprint density at radius 2 is 2.25 bits per heavy atom.